The molecule has 0 saturated carbocycles. The van der Waals surface area contributed by atoms with Crippen LogP contribution in [0.4, 0.5) is 0 Å². The van der Waals surface area contributed by atoms with Crippen LogP contribution in [-0.4, -0.2) is 29.3 Å². The molecule has 0 unspecified atom stereocenters. The van der Waals surface area contributed by atoms with Crippen LogP contribution >= 0.6 is 0 Å². The highest BCUT2D eigenvalue weighted by atomic mass is 16.5. The van der Waals surface area contributed by atoms with Gasteiger partial charge >= 0.3 is 0 Å². The highest BCUT2D eigenvalue weighted by molar-refractivity contribution is 5.43. The molecule has 0 spiro atoms. The minimum absolute atomic E-state index is 0.127. The summed E-state index contributed by atoms with van der Waals surface area (Å²) in [7, 11) is 0. The predicted molar refractivity (Wildman–Crippen MR) is 106 cm³/mol. The van der Waals surface area contributed by atoms with Crippen LogP contribution in [0.3, 0.4) is 0 Å². The van der Waals surface area contributed by atoms with E-state index in [4.69, 9.17) is 14.0 Å². The van der Waals surface area contributed by atoms with Gasteiger partial charge in [0.1, 0.15) is 5.76 Å². The Balaban J connectivity index is 1.81. The van der Waals surface area contributed by atoms with Gasteiger partial charge in [-0.1, -0.05) is 18.1 Å². The summed E-state index contributed by atoms with van der Waals surface area (Å²) in [5, 5.41) is 4.21. The average Bonchev–Trinajstić information content (AvgIpc) is 3.22. The maximum Gasteiger partial charge on any atom is 0.161 e. The van der Waals surface area contributed by atoms with E-state index in [9.17, 15) is 0 Å². The highest BCUT2D eigenvalue weighted by Gasteiger charge is 2.31. The molecule has 1 aliphatic rings. The van der Waals surface area contributed by atoms with Crippen LogP contribution < -0.4 is 9.47 Å². The molecule has 1 atom stereocenters. The lowest BCUT2D eigenvalue weighted by atomic mass is 10.0. The zero-order chi connectivity index (χ0) is 19.4. The van der Waals surface area contributed by atoms with E-state index in [1.165, 1.54) is 17.5 Å². The zero-order valence-corrected chi connectivity index (χ0v) is 17.2. The van der Waals surface area contributed by atoms with Crippen LogP contribution in [0.5, 0.6) is 11.5 Å². The molecule has 1 aromatic carbocycles. The molecule has 1 aliphatic heterocycles. The van der Waals surface area contributed by atoms with E-state index < -0.39 is 0 Å². The topological polar surface area (TPSA) is 47.7 Å². The van der Waals surface area contributed by atoms with Crippen LogP contribution in [0.1, 0.15) is 69.2 Å². The minimum Gasteiger partial charge on any atom is -0.490 e. The normalized spacial score (nSPS) is 17.6. The maximum atomic E-state index is 5.89. The summed E-state index contributed by atoms with van der Waals surface area (Å²) in [6.07, 6.45) is 3.37. The van der Waals surface area contributed by atoms with Gasteiger partial charge in [0.05, 0.1) is 18.4 Å². The van der Waals surface area contributed by atoms with Gasteiger partial charge in [-0.25, -0.2) is 0 Å². The molecule has 0 N–H and O–H groups in total. The molecule has 3 rings (SSSR count). The molecule has 0 bridgehead atoms. The van der Waals surface area contributed by atoms with Crippen molar-refractivity contribution in [3.8, 4) is 11.5 Å². The number of aromatic nitrogens is 1. The van der Waals surface area contributed by atoms with Gasteiger partial charge in [-0.3, -0.25) is 4.90 Å². The zero-order valence-electron chi connectivity index (χ0n) is 17.2. The molecule has 0 aliphatic carbocycles. The van der Waals surface area contributed by atoms with Crippen molar-refractivity contribution in [3.63, 3.8) is 0 Å². The Morgan fingerprint density at radius 1 is 1.26 bits per heavy atom. The number of hydrogen-bond acceptors (Lipinski definition) is 5. The molecule has 5 heteroatoms. The second-order valence-electron chi connectivity index (χ2n) is 7.47. The van der Waals surface area contributed by atoms with E-state index >= 15 is 0 Å². The summed E-state index contributed by atoms with van der Waals surface area (Å²) in [5.41, 5.74) is 3.56. The molecule has 2 heterocycles. The summed E-state index contributed by atoms with van der Waals surface area (Å²) in [6.45, 7) is 12.9. The molecule has 27 heavy (non-hydrogen) atoms. The second kappa shape index (κ2) is 8.79. The molecule has 1 aromatic heterocycles. The summed E-state index contributed by atoms with van der Waals surface area (Å²) in [4.78, 5) is 2.53. The van der Waals surface area contributed by atoms with Gasteiger partial charge in [-0.2, -0.15) is 0 Å². The second-order valence-corrected chi connectivity index (χ2v) is 7.47. The van der Waals surface area contributed by atoms with Crippen molar-refractivity contribution in [2.45, 2.75) is 72.6 Å². The van der Waals surface area contributed by atoms with E-state index in [2.05, 4.69) is 36.0 Å². The van der Waals surface area contributed by atoms with Gasteiger partial charge in [0.25, 0.3) is 0 Å². The van der Waals surface area contributed by atoms with Crippen molar-refractivity contribution < 1.29 is 14.0 Å². The number of nitrogens with zero attached hydrogens (tertiary/aromatic N) is 2. The fourth-order valence-corrected chi connectivity index (χ4v) is 3.95. The van der Waals surface area contributed by atoms with E-state index in [-0.39, 0.29) is 6.10 Å². The summed E-state index contributed by atoms with van der Waals surface area (Å²) >= 11 is 0. The van der Waals surface area contributed by atoms with Gasteiger partial charge in [-0.05, 0) is 64.8 Å². The lowest BCUT2D eigenvalue weighted by molar-refractivity contribution is 0.222. The average molecular weight is 373 g/mol. The lowest BCUT2D eigenvalue weighted by Crippen LogP contribution is -2.23. The standard InChI is InChI=1S/C22H32N2O3/c1-6-19-22(16(5)23-27-19)18-9-8-12-24(18)14-17-10-11-20(26-15(3)4)21(13-17)25-7-2/h10-11,13,15,18H,6-9,12,14H2,1-5H3/t18-/m1/s1. The first-order valence-electron chi connectivity index (χ1n) is 10.1. The van der Waals surface area contributed by atoms with Gasteiger partial charge in [0, 0.05) is 24.6 Å². The van der Waals surface area contributed by atoms with E-state index in [0.29, 0.717) is 12.6 Å². The summed E-state index contributed by atoms with van der Waals surface area (Å²) < 4.78 is 17.3. The molecule has 2 aromatic rings. The van der Waals surface area contributed by atoms with Crippen molar-refractivity contribution in [1.29, 1.82) is 0 Å². The molecule has 148 valence electrons. The Labute approximate surface area is 162 Å². The molecular formula is C22H32N2O3. The Morgan fingerprint density at radius 2 is 2.07 bits per heavy atom. The third kappa shape index (κ3) is 4.46. The first-order chi connectivity index (χ1) is 13.0. The van der Waals surface area contributed by atoms with Crippen molar-refractivity contribution >= 4 is 0 Å². The monoisotopic (exact) mass is 372 g/mol. The molecular weight excluding hydrogens is 340 g/mol. The van der Waals surface area contributed by atoms with Crippen LogP contribution in [0.2, 0.25) is 0 Å². The number of benzene rings is 1. The number of likely N-dealkylation sites (tertiary alicyclic amines) is 1. The molecule has 1 saturated heterocycles. The fraction of sp³-hybridized carbons (Fsp3) is 0.591. The first-order valence-corrected chi connectivity index (χ1v) is 10.1. The van der Waals surface area contributed by atoms with E-state index in [1.807, 2.05) is 26.8 Å². The maximum absolute atomic E-state index is 5.89. The van der Waals surface area contributed by atoms with Crippen LogP contribution in [0.15, 0.2) is 22.7 Å². The Morgan fingerprint density at radius 3 is 2.78 bits per heavy atom. The van der Waals surface area contributed by atoms with Crippen LogP contribution in [-0.2, 0) is 13.0 Å². The van der Waals surface area contributed by atoms with Gasteiger partial charge in [-0.15, -0.1) is 0 Å². The third-order valence-corrected chi connectivity index (χ3v) is 5.06. The molecule has 5 nitrogen and oxygen atoms in total. The first kappa shape index (κ1) is 19.7. The van der Waals surface area contributed by atoms with E-state index in [1.54, 1.807) is 0 Å². The van der Waals surface area contributed by atoms with Crippen LogP contribution in [0.25, 0.3) is 0 Å². The number of rotatable bonds is 8. The predicted octanol–water partition coefficient (Wildman–Crippen LogP) is 5.07. The minimum atomic E-state index is 0.127. The van der Waals surface area contributed by atoms with Crippen molar-refractivity contribution in [1.82, 2.24) is 10.1 Å². The van der Waals surface area contributed by atoms with Gasteiger partial charge in [0.2, 0.25) is 0 Å². The summed E-state index contributed by atoms with van der Waals surface area (Å²) in [5.74, 6) is 2.67. The fourth-order valence-electron chi connectivity index (χ4n) is 3.95. The van der Waals surface area contributed by atoms with Gasteiger partial charge < -0.3 is 14.0 Å². The highest BCUT2D eigenvalue weighted by Crippen LogP contribution is 2.38. The van der Waals surface area contributed by atoms with Crippen molar-refractivity contribution in [2.75, 3.05) is 13.2 Å². The summed E-state index contributed by atoms with van der Waals surface area (Å²) in [6, 6.07) is 6.69. The quantitative estimate of drug-likeness (QED) is 0.647. The van der Waals surface area contributed by atoms with Crippen molar-refractivity contribution in [2.24, 2.45) is 0 Å². The van der Waals surface area contributed by atoms with E-state index in [0.717, 1.165) is 48.9 Å². The Hall–Kier alpha value is -2.01. The van der Waals surface area contributed by atoms with Crippen LogP contribution in [0, 0.1) is 6.92 Å². The smallest absolute Gasteiger partial charge is 0.161 e. The largest absolute Gasteiger partial charge is 0.490 e. The molecule has 1 fully saturated rings. The van der Waals surface area contributed by atoms with Gasteiger partial charge in [0.15, 0.2) is 11.5 Å². The number of hydrogen-bond donors (Lipinski definition) is 0. The Bertz CT molecular complexity index is 754. The van der Waals surface area contributed by atoms with Crippen molar-refractivity contribution in [3.05, 3.63) is 40.8 Å². The Kier molecular flexibility index (Phi) is 6.42. The SMILES string of the molecule is CCOc1cc(CN2CCC[C@@H]2c2c(C)noc2CC)ccc1OC(C)C. The lowest BCUT2D eigenvalue weighted by Gasteiger charge is -2.25. The molecule has 0 amide bonds. The third-order valence-electron chi connectivity index (χ3n) is 5.06. The number of aryl methyl sites for hydroxylation is 2. The molecule has 0 radical (unpaired) electrons. The number of ether oxygens (including phenoxy) is 2.